The summed E-state index contributed by atoms with van der Waals surface area (Å²) in [6.07, 6.45) is 0. The Hall–Kier alpha value is -0.310. The highest BCUT2D eigenvalue weighted by atomic mass is 32.2. The molecule has 0 aromatic rings. The van der Waals surface area contributed by atoms with Crippen molar-refractivity contribution in [3.05, 3.63) is 0 Å². The fraction of sp³-hybridized carbons (Fsp3) is 0.800. The first-order chi connectivity index (χ1) is 4.13. The van der Waals surface area contributed by atoms with Gasteiger partial charge in [0.25, 0.3) is 0 Å². The highest BCUT2D eigenvalue weighted by molar-refractivity contribution is 8.00. The average molecular weight is 210 g/mol. The van der Waals surface area contributed by atoms with Gasteiger partial charge in [0, 0.05) is 0 Å². The molecule has 0 aliphatic carbocycles. The maximum atomic E-state index is 10.3. The van der Waals surface area contributed by atoms with Crippen LogP contribution in [0.2, 0.25) is 0 Å². The molecule has 0 radical (unpaired) electrons. The molecule has 3 heteroatoms. The summed E-state index contributed by atoms with van der Waals surface area (Å²) in [7, 11) is 0. The smallest absolute Gasteiger partial charge is 0.139 e. The van der Waals surface area contributed by atoms with Gasteiger partial charge in [-0.05, 0) is 13.8 Å². The first-order valence-electron chi connectivity index (χ1n) is 2.69. The number of thioether (sulfide) groups is 1. The van der Waals surface area contributed by atoms with E-state index >= 15 is 0 Å². The minimum Gasteiger partial charge on any atom is -0.299 e. The molecule has 0 aromatic carbocycles. The molecule has 84 valence electrons. The average Bonchev–Trinajstić information content (AvgIpc) is 1.63. The van der Waals surface area contributed by atoms with Gasteiger partial charge in [-0.1, -0.05) is 29.7 Å². The minimum absolute atomic E-state index is 0. The molecule has 0 fully saturated rings. The zero-order valence-corrected chi connectivity index (χ0v) is 6.46. The molecule has 0 unspecified atom stereocenters. The zero-order chi connectivity index (χ0) is 7.28. The molecule has 0 aliphatic rings. The number of carbonyl (C=O) groups is 2. The van der Waals surface area contributed by atoms with Crippen molar-refractivity contribution >= 4 is 23.3 Å². The van der Waals surface area contributed by atoms with Crippen molar-refractivity contribution in [3.8, 4) is 0 Å². The number of rotatable bonds is 4. The molecular weight excluding hydrogens is 184 g/mol. The molecule has 0 N–H and O–H groups in total. The van der Waals surface area contributed by atoms with E-state index in [1.807, 2.05) is 0 Å². The number of hydrogen-bond donors (Lipinski definition) is 0. The second-order valence-corrected chi connectivity index (χ2v) is 2.88. The lowest BCUT2D eigenvalue weighted by Gasteiger charge is -1.91. The van der Waals surface area contributed by atoms with Crippen LogP contribution in [0, 0.1) is 0 Å². The number of ketones is 2. The van der Waals surface area contributed by atoms with Crippen LogP contribution in [0.3, 0.4) is 0 Å². The number of hydrogen-bond acceptors (Lipinski definition) is 3. The summed E-state index contributed by atoms with van der Waals surface area (Å²) in [5.74, 6) is 1.17. The monoisotopic (exact) mass is 210 g/mol. The first kappa shape index (κ1) is 29.3. The summed E-state index contributed by atoms with van der Waals surface area (Å²) in [5.41, 5.74) is 0. The van der Waals surface area contributed by atoms with Crippen LogP contribution in [0.4, 0.5) is 0 Å². The van der Waals surface area contributed by atoms with Gasteiger partial charge in [0.2, 0.25) is 0 Å². The van der Waals surface area contributed by atoms with Gasteiger partial charge in [-0.3, -0.25) is 9.59 Å². The third-order valence-corrected chi connectivity index (χ3v) is 1.83. The Morgan fingerprint density at radius 2 is 1.08 bits per heavy atom. The molecule has 0 rings (SSSR count). The topological polar surface area (TPSA) is 34.1 Å². The molecule has 0 aliphatic heterocycles. The normalized spacial score (nSPS) is 6.31. The van der Waals surface area contributed by atoms with Crippen LogP contribution >= 0.6 is 11.8 Å². The molecule has 0 amide bonds. The van der Waals surface area contributed by atoms with E-state index < -0.39 is 0 Å². The van der Waals surface area contributed by atoms with Crippen LogP contribution in [0.15, 0.2) is 0 Å². The highest BCUT2D eigenvalue weighted by Gasteiger charge is 1.95. The fourth-order valence-corrected chi connectivity index (χ4v) is 1.02. The van der Waals surface area contributed by atoms with Gasteiger partial charge in [0.1, 0.15) is 11.6 Å². The summed E-state index contributed by atoms with van der Waals surface area (Å²) in [4.78, 5) is 20.6. The predicted molar refractivity (Wildman–Crippen MR) is 65.6 cm³/mol. The van der Waals surface area contributed by atoms with E-state index in [-0.39, 0.29) is 41.3 Å². The summed E-state index contributed by atoms with van der Waals surface area (Å²) in [6, 6.07) is 0. The Labute approximate surface area is 88.5 Å². The molecule has 2 nitrogen and oxygen atoms in total. The van der Waals surface area contributed by atoms with Crippen LogP contribution in [0.5, 0.6) is 0 Å². The van der Waals surface area contributed by atoms with Crippen molar-refractivity contribution in [3.63, 3.8) is 0 Å². The molecule has 0 aromatic heterocycles. The van der Waals surface area contributed by atoms with E-state index in [4.69, 9.17) is 0 Å². The Morgan fingerprint density at radius 1 is 0.846 bits per heavy atom. The molecule has 0 spiro atoms. The molecule has 13 heavy (non-hydrogen) atoms. The van der Waals surface area contributed by atoms with Crippen molar-refractivity contribution in [2.45, 2.75) is 43.6 Å². The van der Waals surface area contributed by atoms with Crippen LogP contribution in [0.1, 0.15) is 43.6 Å². The van der Waals surface area contributed by atoms with Crippen molar-refractivity contribution in [1.29, 1.82) is 0 Å². The third kappa shape index (κ3) is 33.9. The number of Topliss-reactive ketones (excluding diaryl/α,β-unsaturated/α-hetero) is 2. The quantitative estimate of drug-likeness (QED) is 0.713. The standard InChI is InChI=1S/C6H10O2S.4CH4/c1-5(7)3-9-4-6(2)8;;;;/h3-4H2,1-2H3;4*1H4. The molecule has 0 saturated heterocycles. The molecule has 0 bridgehead atoms. The molecule has 0 atom stereocenters. The van der Waals surface area contributed by atoms with Gasteiger partial charge in [0.05, 0.1) is 11.5 Å². The third-order valence-electron chi connectivity index (χ3n) is 0.611. The Kier molecular flexibility index (Phi) is 39.9. The van der Waals surface area contributed by atoms with Gasteiger partial charge in [-0.2, -0.15) is 0 Å². The van der Waals surface area contributed by atoms with E-state index in [0.717, 1.165) is 0 Å². The van der Waals surface area contributed by atoms with E-state index in [1.165, 1.54) is 25.6 Å². The summed E-state index contributed by atoms with van der Waals surface area (Å²) in [6.45, 7) is 3.04. The Balaban J connectivity index is -0.0000000533. The van der Waals surface area contributed by atoms with Gasteiger partial charge < -0.3 is 0 Å². The van der Waals surface area contributed by atoms with Crippen LogP contribution in [-0.2, 0) is 9.59 Å². The second-order valence-electron chi connectivity index (χ2n) is 1.90. The van der Waals surface area contributed by atoms with Crippen LogP contribution in [0.25, 0.3) is 0 Å². The van der Waals surface area contributed by atoms with Crippen molar-refractivity contribution in [2.75, 3.05) is 11.5 Å². The second kappa shape index (κ2) is 17.7. The molecular formula is C10H26O2S. The zero-order valence-electron chi connectivity index (χ0n) is 5.64. The lowest BCUT2D eigenvalue weighted by atomic mass is 10.5. The largest absolute Gasteiger partial charge is 0.299 e. The van der Waals surface area contributed by atoms with Gasteiger partial charge in [-0.15, -0.1) is 11.8 Å². The van der Waals surface area contributed by atoms with E-state index in [1.54, 1.807) is 0 Å². The lowest BCUT2D eigenvalue weighted by Crippen LogP contribution is -1.99. The van der Waals surface area contributed by atoms with Gasteiger partial charge in [0.15, 0.2) is 0 Å². The number of carbonyl (C=O) groups excluding carboxylic acids is 2. The minimum atomic E-state index is 0. The van der Waals surface area contributed by atoms with Crippen LogP contribution < -0.4 is 0 Å². The summed E-state index contributed by atoms with van der Waals surface area (Å²) >= 11 is 1.37. The van der Waals surface area contributed by atoms with Crippen molar-refractivity contribution in [2.24, 2.45) is 0 Å². The first-order valence-corrected chi connectivity index (χ1v) is 3.85. The fourth-order valence-electron chi connectivity index (χ4n) is 0.338. The maximum Gasteiger partial charge on any atom is 0.139 e. The van der Waals surface area contributed by atoms with Crippen molar-refractivity contribution in [1.82, 2.24) is 0 Å². The lowest BCUT2D eigenvalue weighted by molar-refractivity contribution is -0.115. The highest BCUT2D eigenvalue weighted by Crippen LogP contribution is 1.98. The summed E-state index contributed by atoms with van der Waals surface area (Å²) < 4.78 is 0. The molecule has 0 heterocycles. The van der Waals surface area contributed by atoms with Gasteiger partial charge in [-0.25, -0.2) is 0 Å². The van der Waals surface area contributed by atoms with E-state index in [9.17, 15) is 9.59 Å². The van der Waals surface area contributed by atoms with Crippen molar-refractivity contribution < 1.29 is 9.59 Å². The Bertz CT molecular complexity index is 108. The maximum absolute atomic E-state index is 10.3. The SMILES string of the molecule is C.C.C.C.CC(=O)CSCC(C)=O. The van der Waals surface area contributed by atoms with Crippen LogP contribution in [-0.4, -0.2) is 23.1 Å². The predicted octanol–water partition coefficient (Wildman–Crippen LogP) is 3.44. The Morgan fingerprint density at radius 3 is 1.23 bits per heavy atom. The van der Waals surface area contributed by atoms with E-state index in [2.05, 4.69) is 0 Å². The van der Waals surface area contributed by atoms with Gasteiger partial charge >= 0.3 is 0 Å². The summed E-state index contributed by atoms with van der Waals surface area (Å²) in [5, 5.41) is 0. The van der Waals surface area contributed by atoms with E-state index in [0.29, 0.717) is 11.5 Å². The molecule has 0 saturated carbocycles.